The van der Waals surface area contributed by atoms with Crippen LogP contribution in [0.25, 0.3) is 0 Å². The van der Waals surface area contributed by atoms with Gasteiger partial charge in [0.15, 0.2) is 0 Å². The minimum Gasteiger partial charge on any atom is -0.391 e. The van der Waals surface area contributed by atoms with E-state index in [9.17, 15) is 5.11 Å². The first-order valence-corrected chi connectivity index (χ1v) is 6.81. The molecule has 1 unspecified atom stereocenters. The SMILES string of the molecule is C#CCC(O)C(c1ccc(C#N)cc1)c1ccc(C#N)cc1. The summed E-state index contributed by atoms with van der Waals surface area (Å²) in [5, 5.41) is 28.2. The van der Waals surface area contributed by atoms with Gasteiger partial charge in [-0.2, -0.15) is 10.5 Å². The van der Waals surface area contributed by atoms with Crippen molar-refractivity contribution in [2.24, 2.45) is 0 Å². The Bertz CT molecular complexity index is 698. The molecule has 0 saturated heterocycles. The van der Waals surface area contributed by atoms with Gasteiger partial charge in [0.1, 0.15) is 0 Å². The molecule has 0 aliphatic heterocycles. The predicted octanol–water partition coefficient (Wildman–Crippen LogP) is 2.95. The molecule has 0 aromatic heterocycles. The molecule has 0 bridgehead atoms. The molecule has 0 fully saturated rings. The standard InChI is InChI=1S/C19H14N2O/c1-2-3-18(22)19(16-8-4-14(12-20)5-9-16)17-10-6-15(13-21)7-11-17/h1,4-11,18-19,22H,3H2. The van der Waals surface area contributed by atoms with E-state index < -0.39 is 6.10 Å². The van der Waals surface area contributed by atoms with E-state index in [1.807, 2.05) is 24.3 Å². The maximum atomic E-state index is 10.4. The summed E-state index contributed by atoms with van der Waals surface area (Å²) in [5.41, 5.74) is 2.89. The van der Waals surface area contributed by atoms with E-state index >= 15 is 0 Å². The fourth-order valence-electron chi connectivity index (χ4n) is 2.41. The Kier molecular flexibility index (Phi) is 4.94. The average molecular weight is 286 g/mol. The van der Waals surface area contributed by atoms with Crippen molar-refractivity contribution in [1.29, 1.82) is 10.5 Å². The monoisotopic (exact) mass is 286 g/mol. The fourth-order valence-corrected chi connectivity index (χ4v) is 2.41. The summed E-state index contributed by atoms with van der Waals surface area (Å²) in [6, 6.07) is 18.3. The summed E-state index contributed by atoms with van der Waals surface area (Å²) in [5.74, 6) is 2.18. The van der Waals surface area contributed by atoms with Crippen LogP contribution in [-0.4, -0.2) is 11.2 Å². The number of rotatable bonds is 4. The summed E-state index contributed by atoms with van der Waals surface area (Å²) in [4.78, 5) is 0. The zero-order chi connectivity index (χ0) is 15.9. The highest BCUT2D eigenvalue weighted by atomic mass is 16.3. The number of hydrogen-bond acceptors (Lipinski definition) is 3. The van der Waals surface area contributed by atoms with Crippen molar-refractivity contribution in [3.8, 4) is 24.5 Å². The molecule has 2 rings (SSSR count). The molecule has 0 aliphatic rings. The molecule has 2 aromatic rings. The van der Waals surface area contributed by atoms with Crippen LogP contribution in [0.2, 0.25) is 0 Å². The first-order valence-electron chi connectivity index (χ1n) is 6.81. The van der Waals surface area contributed by atoms with Crippen LogP contribution in [-0.2, 0) is 0 Å². The second-order valence-corrected chi connectivity index (χ2v) is 4.92. The molecule has 3 nitrogen and oxygen atoms in total. The third kappa shape index (κ3) is 3.33. The Balaban J connectivity index is 2.43. The molecule has 2 aromatic carbocycles. The average Bonchev–Trinajstić information content (AvgIpc) is 2.56. The van der Waals surface area contributed by atoms with E-state index in [2.05, 4.69) is 18.1 Å². The van der Waals surface area contributed by atoms with Crippen molar-refractivity contribution >= 4 is 0 Å². The second kappa shape index (κ2) is 7.09. The van der Waals surface area contributed by atoms with Crippen molar-refractivity contribution in [3.05, 3.63) is 70.8 Å². The lowest BCUT2D eigenvalue weighted by Crippen LogP contribution is -2.19. The van der Waals surface area contributed by atoms with Crippen LogP contribution in [0.3, 0.4) is 0 Å². The Morgan fingerprint density at radius 2 is 1.27 bits per heavy atom. The second-order valence-electron chi connectivity index (χ2n) is 4.92. The zero-order valence-electron chi connectivity index (χ0n) is 11.9. The van der Waals surface area contributed by atoms with Gasteiger partial charge in [0, 0.05) is 12.3 Å². The maximum absolute atomic E-state index is 10.4. The van der Waals surface area contributed by atoms with Crippen molar-refractivity contribution in [3.63, 3.8) is 0 Å². The number of nitriles is 2. The number of aliphatic hydroxyl groups is 1. The van der Waals surface area contributed by atoms with Gasteiger partial charge in [-0.1, -0.05) is 24.3 Å². The topological polar surface area (TPSA) is 67.8 Å². The largest absolute Gasteiger partial charge is 0.391 e. The van der Waals surface area contributed by atoms with Crippen molar-refractivity contribution in [1.82, 2.24) is 0 Å². The van der Waals surface area contributed by atoms with E-state index in [0.29, 0.717) is 11.1 Å². The van der Waals surface area contributed by atoms with Gasteiger partial charge in [0.05, 0.1) is 29.4 Å². The summed E-state index contributed by atoms with van der Waals surface area (Å²) in [7, 11) is 0. The zero-order valence-corrected chi connectivity index (χ0v) is 11.9. The predicted molar refractivity (Wildman–Crippen MR) is 83.6 cm³/mol. The minimum absolute atomic E-state index is 0.227. The van der Waals surface area contributed by atoms with Crippen LogP contribution in [0, 0.1) is 35.0 Å². The lowest BCUT2D eigenvalue weighted by Gasteiger charge is -2.23. The van der Waals surface area contributed by atoms with Gasteiger partial charge in [0.25, 0.3) is 0 Å². The fraction of sp³-hybridized carbons (Fsp3) is 0.158. The molecule has 0 saturated carbocycles. The quantitative estimate of drug-likeness (QED) is 0.879. The number of benzene rings is 2. The first kappa shape index (κ1) is 15.3. The Hall–Kier alpha value is -3.06. The Morgan fingerprint density at radius 3 is 1.59 bits per heavy atom. The Labute approximate surface area is 130 Å². The molecule has 3 heteroatoms. The van der Waals surface area contributed by atoms with Gasteiger partial charge >= 0.3 is 0 Å². The molecule has 1 N–H and O–H groups in total. The lowest BCUT2D eigenvalue weighted by molar-refractivity contribution is 0.162. The molecule has 0 radical (unpaired) electrons. The number of aliphatic hydroxyl groups excluding tert-OH is 1. The highest BCUT2D eigenvalue weighted by Crippen LogP contribution is 2.30. The number of nitrogens with zero attached hydrogens (tertiary/aromatic N) is 2. The van der Waals surface area contributed by atoms with Crippen molar-refractivity contribution < 1.29 is 5.11 Å². The van der Waals surface area contributed by atoms with E-state index in [-0.39, 0.29) is 12.3 Å². The molecular formula is C19H14N2O. The van der Waals surface area contributed by atoms with Crippen LogP contribution >= 0.6 is 0 Å². The molecule has 0 amide bonds. The molecule has 0 spiro atoms. The van der Waals surface area contributed by atoms with Crippen LogP contribution in [0.4, 0.5) is 0 Å². The van der Waals surface area contributed by atoms with Gasteiger partial charge in [-0.15, -0.1) is 12.3 Å². The van der Waals surface area contributed by atoms with Gasteiger partial charge in [-0.05, 0) is 35.4 Å². The summed E-state index contributed by atoms with van der Waals surface area (Å²) < 4.78 is 0. The van der Waals surface area contributed by atoms with Gasteiger partial charge in [0.2, 0.25) is 0 Å². The highest BCUT2D eigenvalue weighted by Gasteiger charge is 2.22. The first-order chi connectivity index (χ1) is 10.7. The highest BCUT2D eigenvalue weighted by molar-refractivity contribution is 5.41. The third-order valence-corrected chi connectivity index (χ3v) is 3.51. The van der Waals surface area contributed by atoms with Crippen LogP contribution in [0.15, 0.2) is 48.5 Å². The van der Waals surface area contributed by atoms with E-state index in [1.165, 1.54) is 0 Å². The third-order valence-electron chi connectivity index (χ3n) is 3.51. The molecule has 106 valence electrons. The van der Waals surface area contributed by atoms with Gasteiger partial charge < -0.3 is 5.11 Å². The molecule has 22 heavy (non-hydrogen) atoms. The summed E-state index contributed by atoms with van der Waals surface area (Å²) in [6.45, 7) is 0. The molecule has 1 atom stereocenters. The van der Waals surface area contributed by atoms with Crippen LogP contribution < -0.4 is 0 Å². The normalized spacial score (nSPS) is 11.2. The maximum Gasteiger partial charge on any atom is 0.0991 e. The summed E-state index contributed by atoms with van der Waals surface area (Å²) >= 11 is 0. The minimum atomic E-state index is -0.731. The molecular weight excluding hydrogens is 272 g/mol. The van der Waals surface area contributed by atoms with Gasteiger partial charge in [-0.3, -0.25) is 0 Å². The van der Waals surface area contributed by atoms with Gasteiger partial charge in [-0.25, -0.2) is 0 Å². The van der Waals surface area contributed by atoms with E-state index in [4.69, 9.17) is 16.9 Å². The molecule has 0 aliphatic carbocycles. The lowest BCUT2D eigenvalue weighted by atomic mass is 9.85. The van der Waals surface area contributed by atoms with E-state index in [1.54, 1.807) is 24.3 Å². The number of terminal acetylenes is 1. The number of hydrogen-bond donors (Lipinski definition) is 1. The van der Waals surface area contributed by atoms with Crippen molar-refractivity contribution in [2.75, 3.05) is 0 Å². The smallest absolute Gasteiger partial charge is 0.0991 e. The van der Waals surface area contributed by atoms with Crippen molar-refractivity contribution in [2.45, 2.75) is 18.4 Å². The van der Waals surface area contributed by atoms with Crippen LogP contribution in [0.5, 0.6) is 0 Å². The summed E-state index contributed by atoms with van der Waals surface area (Å²) in [6.07, 6.45) is 4.81. The van der Waals surface area contributed by atoms with E-state index in [0.717, 1.165) is 11.1 Å². The molecule has 0 heterocycles. The van der Waals surface area contributed by atoms with Crippen LogP contribution in [0.1, 0.15) is 34.6 Å². The Morgan fingerprint density at radius 1 is 0.864 bits per heavy atom.